The zero-order chi connectivity index (χ0) is 16.9. The monoisotopic (exact) mass is 347 g/mol. The quantitative estimate of drug-likeness (QED) is 0.844. The third-order valence-corrected chi connectivity index (χ3v) is 5.51. The molecule has 130 valence electrons. The molecule has 0 aliphatic carbocycles. The minimum atomic E-state index is -0.117. The molecule has 0 aromatic carbocycles. The van der Waals surface area contributed by atoms with E-state index < -0.39 is 0 Å². The number of furan rings is 1. The van der Waals surface area contributed by atoms with Gasteiger partial charge in [-0.05, 0) is 49.4 Å². The number of carbonyl (C=O) groups is 1. The fraction of sp³-hybridized carbons (Fsp3) is 0.500. The smallest absolute Gasteiger partial charge is 0.315 e. The fourth-order valence-electron chi connectivity index (χ4n) is 3.07. The number of hydrogen-bond acceptors (Lipinski definition) is 4. The molecule has 0 saturated carbocycles. The van der Waals surface area contributed by atoms with Crippen LogP contribution in [0.4, 0.5) is 4.79 Å². The van der Waals surface area contributed by atoms with Crippen LogP contribution in [0.15, 0.2) is 34.3 Å². The Bertz CT molecular complexity index is 653. The first-order valence-corrected chi connectivity index (χ1v) is 9.36. The fourth-order valence-corrected chi connectivity index (χ4v) is 3.96. The minimum absolute atomic E-state index is 0.0369. The molecule has 3 heterocycles. The van der Waals surface area contributed by atoms with Gasteiger partial charge in [-0.25, -0.2) is 4.79 Å². The summed E-state index contributed by atoms with van der Waals surface area (Å²) in [6.07, 6.45) is 3.47. The summed E-state index contributed by atoms with van der Waals surface area (Å²) in [6, 6.07) is 6.25. The zero-order valence-corrected chi connectivity index (χ0v) is 15.1. The topological polar surface area (TPSA) is 57.5 Å². The van der Waals surface area contributed by atoms with Crippen molar-refractivity contribution >= 4 is 17.4 Å². The van der Waals surface area contributed by atoms with Gasteiger partial charge in [0, 0.05) is 43.0 Å². The maximum absolute atomic E-state index is 12.1. The number of thiophene rings is 1. The number of rotatable bonds is 6. The van der Waals surface area contributed by atoms with E-state index >= 15 is 0 Å². The van der Waals surface area contributed by atoms with Crippen LogP contribution >= 0.6 is 11.3 Å². The first-order chi connectivity index (χ1) is 11.6. The lowest BCUT2D eigenvalue weighted by atomic mass is 10.1. The maximum Gasteiger partial charge on any atom is 0.315 e. The number of nitrogens with one attached hydrogen (secondary N) is 2. The molecule has 0 saturated heterocycles. The third-order valence-electron chi connectivity index (χ3n) is 4.48. The molecule has 2 amide bonds. The predicted octanol–water partition coefficient (Wildman–Crippen LogP) is 3.02. The summed E-state index contributed by atoms with van der Waals surface area (Å²) >= 11 is 1.85. The van der Waals surface area contributed by atoms with Gasteiger partial charge in [0.2, 0.25) is 0 Å². The van der Waals surface area contributed by atoms with Crippen LogP contribution in [0.25, 0.3) is 0 Å². The molecule has 0 spiro atoms. The van der Waals surface area contributed by atoms with Crippen LogP contribution in [0.5, 0.6) is 0 Å². The SMILES string of the molecule is C[C@@H](Cc1ccco1)NC(=O)NC[C@H](C)N1CCc2sccc2C1. The van der Waals surface area contributed by atoms with E-state index in [1.165, 1.54) is 10.4 Å². The van der Waals surface area contributed by atoms with Crippen molar-refractivity contribution in [1.29, 1.82) is 0 Å². The molecule has 2 N–H and O–H groups in total. The number of amides is 2. The average Bonchev–Trinajstić information content (AvgIpc) is 3.22. The number of carbonyl (C=O) groups excluding carboxylic acids is 1. The van der Waals surface area contributed by atoms with Crippen molar-refractivity contribution in [2.45, 2.75) is 45.3 Å². The molecule has 2 aromatic rings. The van der Waals surface area contributed by atoms with Gasteiger partial charge in [0.1, 0.15) is 5.76 Å². The van der Waals surface area contributed by atoms with Crippen LogP contribution in [-0.4, -0.2) is 36.1 Å². The Morgan fingerprint density at radius 2 is 2.29 bits per heavy atom. The Balaban J connectivity index is 1.39. The zero-order valence-electron chi connectivity index (χ0n) is 14.2. The lowest BCUT2D eigenvalue weighted by Gasteiger charge is -2.32. The number of urea groups is 1. The molecule has 6 heteroatoms. The molecule has 5 nitrogen and oxygen atoms in total. The highest BCUT2D eigenvalue weighted by Crippen LogP contribution is 2.24. The van der Waals surface area contributed by atoms with E-state index in [0.717, 1.165) is 25.3 Å². The molecule has 0 unspecified atom stereocenters. The summed E-state index contributed by atoms with van der Waals surface area (Å²) in [6.45, 7) is 6.85. The second kappa shape index (κ2) is 7.85. The Labute approximate surface area is 147 Å². The van der Waals surface area contributed by atoms with E-state index in [4.69, 9.17) is 4.42 Å². The van der Waals surface area contributed by atoms with Gasteiger partial charge in [-0.3, -0.25) is 4.90 Å². The first kappa shape index (κ1) is 17.0. The van der Waals surface area contributed by atoms with Crippen molar-refractivity contribution in [3.05, 3.63) is 46.0 Å². The number of hydrogen-bond donors (Lipinski definition) is 2. The van der Waals surface area contributed by atoms with Gasteiger partial charge in [-0.15, -0.1) is 11.3 Å². The Kier molecular flexibility index (Phi) is 5.58. The van der Waals surface area contributed by atoms with Crippen molar-refractivity contribution in [2.75, 3.05) is 13.1 Å². The van der Waals surface area contributed by atoms with Gasteiger partial charge < -0.3 is 15.1 Å². The molecule has 2 aromatic heterocycles. The maximum atomic E-state index is 12.1. The molecule has 0 fully saturated rings. The third kappa shape index (κ3) is 4.39. The molecule has 1 aliphatic rings. The average molecular weight is 347 g/mol. The molecule has 24 heavy (non-hydrogen) atoms. The summed E-state index contributed by atoms with van der Waals surface area (Å²) in [7, 11) is 0. The van der Waals surface area contributed by atoms with Gasteiger partial charge in [0.25, 0.3) is 0 Å². The minimum Gasteiger partial charge on any atom is -0.469 e. The number of nitrogens with zero attached hydrogens (tertiary/aromatic N) is 1. The summed E-state index contributed by atoms with van der Waals surface area (Å²) in [5, 5.41) is 8.12. The van der Waals surface area contributed by atoms with Gasteiger partial charge in [0.15, 0.2) is 0 Å². The molecular formula is C18H25N3O2S. The Morgan fingerprint density at radius 1 is 1.42 bits per heavy atom. The van der Waals surface area contributed by atoms with E-state index in [0.29, 0.717) is 19.0 Å². The van der Waals surface area contributed by atoms with E-state index in [-0.39, 0.29) is 12.1 Å². The Hall–Kier alpha value is -1.79. The highest BCUT2D eigenvalue weighted by Gasteiger charge is 2.21. The highest BCUT2D eigenvalue weighted by atomic mass is 32.1. The molecule has 0 radical (unpaired) electrons. The molecule has 3 rings (SSSR count). The highest BCUT2D eigenvalue weighted by molar-refractivity contribution is 7.10. The first-order valence-electron chi connectivity index (χ1n) is 8.48. The largest absolute Gasteiger partial charge is 0.469 e. The van der Waals surface area contributed by atoms with Gasteiger partial charge in [-0.1, -0.05) is 0 Å². The van der Waals surface area contributed by atoms with E-state index in [9.17, 15) is 4.79 Å². The lowest BCUT2D eigenvalue weighted by molar-refractivity contribution is 0.185. The van der Waals surface area contributed by atoms with Gasteiger partial charge in [0.05, 0.1) is 6.26 Å². The summed E-state index contributed by atoms with van der Waals surface area (Å²) < 4.78 is 5.31. The van der Waals surface area contributed by atoms with Crippen LogP contribution in [-0.2, 0) is 19.4 Å². The van der Waals surface area contributed by atoms with Crippen molar-refractivity contribution in [3.63, 3.8) is 0 Å². The van der Waals surface area contributed by atoms with Crippen molar-refractivity contribution in [1.82, 2.24) is 15.5 Å². The standard InChI is InChI=1S/C18H25N3O2S/c1-13(10-16-4-3-8-23-16)20-18(22)19-11-14(2)21-7-5-17-15(12-21)6-9-24-17/h3-4,6,8-9,13-14H,5,7,10-12H2,1-2H3,(H2,19,20,22)/t13-,14-/m0/s1. The molecule has 0 bridgehead atoms. The van der Waals surface area contributed by atoms with Crippen molar-refractivity contribution in [3.8, 4) is 0 Å². The Morgan fingerprint density at radius 3 is 3.08 bits per heavy atom. The van der Waals surface area contributed by atoms with Gasteiger partial charge >= 0.3 is 6.03 Å². The number of fused-ring (bicyclic) bond motifs is 1. The van der Waals surface area contributed by atoms with Crippen LogP contribution in [0, 0.1) is 0 Å². The van der Waals surface area contributed by atoms with E-state index in [1.807, 2.05) is 30.4 Å². The second-order valence-electron chi connectivity index (χ2n) is 6.48. The van der Waals surface area contributed by atoms with E-state index in [1.54, 1.807) is 6.26 Å². The van der Waals surface area contributed by atoms with Crippen molar-refractivity contribution < 1.29 is 9.21 Å². The van der Waals surface area contributed by atoms with Crippen LogP contribution in [0.3, 0.4) is 0 Å². The lowest BCUT2D eigenvalue weighted by Crippen LogP contribution is -2.48. The molecular weight excluding hydrogens is 322 g/mol. The summed E-state index contributed by atoms with van der Waals surface area (Å²) in [4.78, 5) is 16.0. The predicted molar refractivity (Wildman–Crippen MR) is 96.3 cm³/mol. The molecule has 1 aliphatic heterocycles. The molecule has 2 atom stereocenters. The summed E-state index contributed by atoms with van der Waals surface area (Å²) in [5.41, 5.74) is 1.44. The summed E-state index contributed by atoms with van der Waals surface area (Å²) in [5.74, 6) is 0.885. The van der Waals surface area contributed by atoms with Crippen LogP contribution in [0.2, 0.25) is 0 Å². The van der Waals surface area contributed by atoms with Crippen LogP contribution < -0.4 is 10.6 Å². The normalized spacial score (nSPS) is 17.1. The van der Waals surface area contributed by atoms with Crippen molar-refractivity contribution in [2.24, 2.45) is 0 Å². The van der Waals surface area contributed by atoms with Gasteiger partial charge in [-0.2, -0.15) is 0 Å². The second-order valence-corrected chi connectivity index (χ2v) is 7.48. The van der Waals surface area contributed by atoms with Crippen LogP contribution in [0.1, 0.15) is 30.0 Å². The van der Waals surface area contributed by atoms with E-state index in [2.05, 4.69) is 33.9 Å².